The molecule has 0 radical (unpaired) electrons. The Hall–Kier alpha value is -5.26. The Balaban J connectivity index is 3.39. The molecule has 18 nitrogen and oxygen atoms in total. The van der Waals surface area contributed by atoms with Crippen LogP contribution in [0.3, 0.4) is 0 Å². The second-order valence-electron chi connectivity index (χ2n) is 10.8. The Kier molecular flexibility index (Phi) is 16.3. The van der Waals surface area contributed by atoms with E-state index >= 15 is 0 Å². The van der Waals surface area contributed by atoms with Gasteiger partial charge in [-0.2, -0.15) is 0 Å². The van der Waals surface area contributed by atoms with Gasteiger partial charge >= 0.3 is 18.0 Å². The van der Waals surface area contributed by atoms with Gasteiger partial charge in [0.05, 0.1) is 19.1 Å². The van der Waals surface area contributed by atoms with E-state index in [0.717, 1.165) is 11.9 Å². The van der Waals surface area contributed by atoms with E-state index in [0.29, 0.717) is 12.0 Å². The molecule has 0 aliphatic rings. The first-order valence-electron chi connectivity index (χ1n) is 14.7. The Bertz CT molecular complexity index is 1280. The molecule has 0 aliphatic carbocycles. The normalized spacial score (nSPS) is 14.5. The Morgan fingerprint density at radius 3 is 1.87 bits per heavy atom. The minimum absolute atomic E-state index is 0.280. The van der Waals surface area contributed by atoms with E-state index in [-0.39, 0.29) is 6.54 Å². The van der Waals surface area contributed by atoms with E-state index in [2.05, 4.69) is 26.7 Å². The van der Waals surface area contributed by atoms with Crippen molar-refractivity contribution < 1.29 is 53.7 Å². The highest BCUT2D eigenvalue weighted by Crippen LogP contribution is 2.11. The fourth-order valence-corrected chi connectivity index (χ4v) is 4.16. The lowest BCUT2D eigenvalue weighted by Crippen LogP contribution is -2.62. The van der Waals surface area contributed by atoms with E-state index in [1.165, 1.54) is 6.92 Å². The molecule has 0 spiro atoms. The number of aliphatic carboxylic acids is 2. The van der Waals surface area contributed by atoms with E-state index in [4.69, 9.17) is 5.73 Å². The molecule has 10 N–H and O–H groups in total. The van der Waals surface area contributed by atoms with Gasteiger partial charge in [-0.1, -0.05) is 50.6 Å². The molecular formula is C29H43N7O11. The number of nitrogens with one attached hydrogen (secondary N) is 5. The number of hydrogen-bond donors (Lipinski definition) is 9. The van der Waals surface area contributed by atoms with Crippen LogP contribution in [0.2, 0.25) is 0 Å². The molecule has 18 heteroatoms. The Morgan fingerprint density at radius 2 is 1.38 bits per heavy atom. The molecule has 7 amide bonds. The molecule has 0 unspecified atom stereocenters. The van der Waals surface area contributed by atoms with Crippen molar-refractivity contribution >= 4 is 47.5 Å². The first-order chi connectivity index (χ1) is 22.0. The zero-order valence-corrected chi connectivity index (χ0v) is 26.5. The molecule has 0 aromatic heterocycles. The molecule has 0 saturated heterocycles. The van der Waals surface area contributed by atoms with Crippen LogP contribution in [0, 0.1) is 5.92 Å². The lowest BCUT2D eigenvalue weighted by molar-refractivity contribution is -0.141. The van der Waals surface area contributed by atoms with E-state index in [9.17, 15) is 53.7 Å². The predicted octanol–water partition coefficient (Wildman–Crippen LogP) is -1.68. The van der Waals surface area contributed by atoms with Gasteiger partial charge < -0.3 is 42.3 Å². The van der Waals surface area contributed by atoms with E-state index in [1.54, 1.807) is 44.2 Å². The lowest BCUT2D eigenvalue weighted by atomic mass is 9.98. The van der Waals surface area contributed by atoms with Gasteiger partial charge in [0.25, 0.3) is 5.91 Å². The van der Waals surface area contributed by atoms with Gasteiger partial charge in [0.15, 0.2) is 0 Å². The summed E-state index contributed by atoms with van der Waals surface area (Å²) in [6.07, 6.45) is -2.89. The zero-order valence-electron chi connectivity index (χ0n) is 26.5. The van der Waals surface area contributed by atoms with Crippen molar-refractivity contribution in [2.75, 3.05) is 0 Å². The summed E-state index contributed by atoms with van der Waals surface area (Å²) in [4.78, 5) is 99.0. The summed E-state index contributed by atoms with van der Waals surface area (Å²) in [6, 6.07) is 1.20. The number of rotatable bonds is 18. The number of aliphatic hydroxyl groups excluding tert-OH is 1. The van der Waals surface area contributed by atoms with E-state index in [1.807, 2.05) is 0 Å². The minimum atomic E-state index is -1.58. The molecule has 1 aromatic rings. The average Bonchev–Trinajstić information content (AvgIpc) is 2.98. The fourth-order valence-electron chi connectivity index (χ4n) is 4.16. The van der Waals surface area contributed by atoms with Crippen LogP contribution in [0.25, 0.3) is 0 Å². The van der Waals surface area contributed by atoms with Gasteiger partial charge in [-0.15, -0.1) is 0 Å². The lowest BCUT2D eigenvalue weighted by Gasteiger charge is -2.31. The number of aliphatic hydroxyl groups is 1. The highest BCUT2D eigenvalue weighted by atomic mass is 16.4. The van der Waals surface area contributed by atoms with Crippen molar-refractivity contribution in [1.29, 1.82) is 0 Å². The number of nitrogens with two attached hydrogens (primary N) is 1. The number of urea groups is 1. The third kappa shape index (κ3) is 14.1. The number of nitrogens with zero attached hydrogens (tertiary/aromatic N) is 1. The monoisotopic (exact) mass is 665 g/mol. The molecule has 0 saturated carbocycles. The molecule has 0 fully saturated rings. The van der Waals surface area contributed by atoms with Crippen LogP contribution in [0.15, 0.2) is 30.3 Å². The van der Waals surface area contributed by atoms with Crippen molar-refractivity contribution in [2.24, 2.45) is 11.7 Å². The van der Waals surface area contributed by atoms with Crippen LogP contribution in [-0.2, 0) is 40.1 Å². The van der Waals surface area contributed by atoms with Crippen molar-refractivity contribution in [3.05, 3.63) is 35.9 Å². The van der Waals surface area contributed by atoms with Gasteiger partial charge in [-0.05, 0) is 24.8 Å². The number of primary amides is 1. The molecule has 47 heavy (non-hydrogen) atoms. The smallest absolute Gasteiger partial charge is 0.337 e. The average molecular weight is 666 g/mol. The summed E-state index contributed by atoms with van der Waals surface area (Å²) in [5.74, 6) is -7.94. The highest BCUT2D eigenvalue weighted by molar-refractivity contribution is 5.95. The summed E-state index contributed by atoms with van der Waals surface area (Å²) in [5, 5.41) is 38.2. The maximum absolute atomic E-state index is 13.6. The summed E-state index contributed by atoms with van der Waals surface area (Å²) >= 11 is 0. The second kappa shape index (κ2) is 19.3. The van der Waals surface area contributed by atoms with Crippen molar-refractivity contribution in [3.8, 4) is 0 Å². The third-order valence-electron chi connectivity index (χ3n) is 6.89. The number of carboxylic acid groups (broad SMARTS) is 2. The van der Waals surface area contributed by atoms with Crippen LogP contribution in [-0.4, -0.2) is 98.1 Å². The third-order valence-corrected chi connectivity index (χ3v) is 6.89. The SMILES string of the molecule is CC[C@H](C)[C@H](NC(=O)[C@H](CC(=O)O)NC(C)=O)C(=O)NN(Cc1ccccc1)C(=O)N[C@@H](CCC(=O)O)C(=O)N[C@H](C(N)=O)[C@@H](C)O. The van der Waals surface area contributed by atoms with Crippen LogP contribution in [0.5, 0.6) is 0 Å². The van der Waals surface area contributed by atoms with Crippen LogP contribution in [0.1, 0.15) is 58.9 Å². The number of carbonyl (C=O) groups is 8. The van der Waals surface area contributed by atoms with Gasteiger partial charge in [-0.3, -0.25) is 39.0 Å². The number of hydrazine groups is 1. The number of amides is 7. The van der Waals surface area contributed by atoms with Gasteiger partial charge in [0, 0.05) is 13.3 Å². The summed E-state index contributed by atoms with van der Waals surface area (Å²) < 4.78 is 0. The maximum atomic E-state index is 13.6. The number of carbonyl (C=O) groups excluding carboxylic acids is 6. The zero-order chi connectivity index (χ0) is 35.8. The molecule has 1 aromatic carbocycles. The topological polar surface area (TPSA) is 287 Å². The van der Waals surface area contributed by atoms with Crippen LogP contribution >= 0.6 is 0 Å². The molecule has 0 bridgehead atoms. The minimum Gasteiger partial charge on any atom is -0.481 e. The summed E-state index contributed by atoms with van der Waals surface area (Å²) in [7, 11) is 0. The van der Waals surface area contributed by atoms with Crippen molar-refractivity contribution in [2.45, 2.75) is 90.2 Å². The van der Waals surface area contributed by atoms with Crippen molar-refractivity contribution in [3.63, 3.8) is 0 Å². The largest absolute Gasteiger partial charge is 0.481 e. The van der Waals surface area contributed by atoms with Gasteiger partial charge in [0.1, 0.15) is 24.2 Å². The maximum Gasteiger partial charge on any atom is 0.337 e. The highest BCUT2D eigenvalue weighted by Gasteiger charge is 2.34. The second-order valence-corrected chi connectivity index (χ2v) is 10.8. The number of hydrogen-bond acceptors (Lipinski definition) is 9. The molecule has 1 rings (SSSR count). The quantitative estimate of drug-likeness (QED) is 0.0799. The molecular weight excluding hydrogens is 622 g/mol. The summed E-state index contributed by atoms with van der Waals surface area (Å²) in [5.41, 5.74) is 8.14. The molecule has 260 valence electrons. The van der Waals surface area contributed by atoms with Crippen LogP contribution in [0.4, 0.5) is 4.79 Å². The fraction of sp³-hybridized carbons (Fsp3) is 0.517. The van der Waals surface area contributed by atoms with E-state index < -0.39 is 103 Å². The molecule has 0 heterocycles. The van der Waals surface area contributed by atoms with Crippen LogP contribution < -0.4 is 32.4 Å². The van der Waals surface area contributed by atoms with Crippen molar-refractivity contribution in [1.82, 2.24) is 31.7 Å². The Labute approximate surface area is 270 Å². The number of benzene rings is 1. The predicted molar refractivity (Wildman–Crippen MR) is 163 cm³/mol. The molecule has 0 aliphatic heterocycles. The summed E-state index contributed by atoms with van der Waals surface area (Å²) in [6.45, 7) is 5.32. The standard InChI is InChI=1S/C29H43N7O11/c1-5-15(2)23(33-27(45)20(13-22(41)42)31-17(4)38)28(46)35-36(14-18-9-7-6-8-10-18)29(47)32-19(11-12-21(39)40)26(44)34-24(16(3)37)25(30)43/h6-10,15-16,19-20,23-24,37H,5,11-14H2,1-4H3,(H2,30,43)(H,31,38)(H,32,47)(H,33,45)(H,34,44)(H,35,46)(H,39,40)(H,41,42)/t15-,16+,19-,20-,23-,24-/m0/s1. The first-order valence-corrected chi connectivity index (χ1v) is 14.7. The first kappa shape index (κ1) is 39.8. The molecule has 6 atom stereocenters. The Morgan fingerprint density at radius 1 is 0.809 bits per heavy atom. The van der Waals surface area contributed by atoms with Gasteiger partial charge in [0.2, 0.25) is 23.6 Å². The van der Waals surface area contributed by atoms with Gasteiger partial charge in [-0.25, -0.2) is 9.80 Å². The number of carboxylic acids is 2.